The average molecular weight is 219 g/mol. The Balaban J connectivity index is 3.20. The van der Waals surface area contributed by atoms with Crippen molar-refractivity contribution in [2.24, 2.45) is 5.41 Å². The topological polar surface area (TPSA) is 61.1 Å². The fourth-order valence-corrected chi connectivity index (χ4v) is 1.53. The highest BCUT2D eigenvalue weighted by atomic mass is 19.4. The van der Waals surface area contributed by atoms with E-state index in [1.54, 1.807) is 0 Å². The molecule has 0 aromatic heterocycles. The number of allylic oxidation sites excluding steroid dienone is 1. The lowest BCUT2D eigenvalue weighted by molar-refractivity contribution is -0.175. The number of nitrogens with zero attached hydrogens (tertiary/aromatic N) is 1. The van der Waals surface area contributed by atoms with Crippen molar-refractivity contribution in [1.82, 2.24) is 0 Å². The molecule has 0 amide bonds. The quantitative estimate of drug-likeness (QED) is 0.572. The summed E-state index contributed by atoms with van der Waals surface area (Å²) in [5.41, 5.74) is -3.26. The van der Waals surface area contributed by atoms with Crippen molar-refractivity contribution >= 4 is 5.97 Å². The van der Waals surface area contributed by atoms with Gasteiger partial charge in [-0.05, 0) is 25.3 Å². The van der Waals surface area contributed by atoms with Gasteiger partial charge in [-0.15, -0.1) is 0 Å². The SMILES string of the molecule is CC(=C(C#N)C(=O)O)C1(C(F)(F)F)CC1. The Morgan fingerprint density at radius 1 is 1.47 bits per heavy atom. The van der Waals surface area contributed by atoms with E-state index in [0.717, 1.165) is 6.92 Å². The van der Waals surface area contributed by atoms with Crippen molar-refractivity contribution in [2.45, 2.75) is 25.9 Å². The van der Waals surface area contributed by atoms with Crippen LogP contribution in [0.5, 0.6) is 0 Å². The van der Waals surface area contributed by atoms with E-state index in [1.165, 1.54) is 6.07 Å². The molecule has 0 aromatic rings. The van der Waals surface area contributed by atoms with Gasteiger partial charge >= 0.3 is 12.1 Å². The van der Waals surface area contributed by atoms with E-state index in [4.69, 9.17) is 10.4 Å². The van der Waals surface area contributed by atoms with Gasteiger partial charge in [0.25, 0.3) is 0 Å². The molecule has 1 aliphatic rings. The molecule has 6 heteroatoms. The Bertz CT molecular complexity index is 372. The molecule has 0 unspecified atom stereocenters. The first-order valence-electron chi connectivity index (χ1n) is 4.18. The van der Waals surface area contributed by atoms with E-state index >= 15 is 0 Å². The third-order valence-electron chi connectivity index (χ3n) is 2.71. The number of halogens is 3. The Hall–Kier alpha value is -1.51. The molecule has 1 fully saturated rings. The molecule has 15 heavy (non-hydrogen) atoms. The van der Waals surface area contributed by atoms with Gasteiger partial charge in [-0.25, -0.2) is 4.79 Å². The highest BCUT2D eigenvalue weighted by Gasteiger charge is 2.65. The number of carboxylic acids is 1. The number of alkyl halides is 3. The molecule has 0 aliphatic heterocycles. The second-order valence-corrected chi connectivity index (χ2v) is 3.50. The summed E-state index contributed by atoms with van der Waals surface area (Å²) in [6.45, 7) is 1.06. The minimum atomic E-state index is -4.48. The van der Waals surface area contributed by atoms with Crippen LogP contribution >= 0.6 is 0 Å². The summed E-state index contributed by atoms with van der Waals surface area (Å²) < 4.78 is 37.7. The molecular weight excluding hydrogens is 211 g/mol. The van der Waals surface area contributed by atoms with Gasteiger partial charge < -0.3 is 5.11 Å². The zero-order valence-electron chi connectivity index (χ0n) is 7.85. The van der Waals surface area contributed by atoms with Gasteiger partial charge in [0.1, 0.15) is 11.6 Å². The van der Waals surface area contributed by atoms with E-state index in [-0.39, 0.29) is 18.4 Å². The van der Waals surface area contributed by atoms with Crippen LogP contribution in [0.15, 0.2) is 11.1 Å². The molecule has 1 aliphatic carbocycles. The zero-order valence-corrected chi connectivity index (χ0v) is 7.85. The second kappa shape index (κ2) is 3.26. The maximum Gasteiger partial charge on any atom is 0.398 e. The lowest BCUT2D eigenvalue weighted by Crippen LogP contribution is -2.27. The van der Waals surface area contributed by atoms with Gasteiger partial charge in [-0.1, -0.05) is 0 Å². The van der Waals surface area contributed by atoms with Gasteiger partial charge in [-0.2, -0.15) is 18.4 Å². The smallest absolute Gasteiger partial charge is 0.398 e. The van der Waals surface area contributed by atoms with Gasteiger partial charge in [0, 0.05) is 0 Å². The molecule has 0 radical (unpaired) electrons. The molecule has 0 aromatic carbocycles. The highest BCUT2D eigenvalue weighted by molar-refractivity contribution is 5.92. The normalized spacial score (nSPS) is 20.2. The highest BCUT2D eigenvalue weighted by Crippen LogP contribution is 2.62. The number of hydrogen-bond donors (Lipinski definition) is 1. The second-order valence-electron chi connectivity index (χ2n) is 3.50. The first kappa shape index (κ1) is 11.6. The van der Waals surface area contributed by atoms with Crippen LogP contribution in [0.3, 0.4) is 0 Å². The van der Waals surface area contributed by atoms with Crippen molar-refractivity contribution in [3.8, 4) is 6.07 Å². The van der Waals surface area contributed by atoms with E-state index in [1.807, 2.05) is 0 Å². The van der Waals surface area contributed by atoms with Crippen LogP contribution in [0, 0.1) is 16.7 Å². The number of hydrogen-bond acceptors (Lipinski definition) is 2. The summed E-state index contributed by atoms with van der Waals surface area (Å²) in [6.07, 6.45) is -4.75. The molecule has 3 nitrogen and oxygen atoms in total. The van der Waals surface area contributed by atoms with Crippen molar-refractivity contribution in [2.75, 3.05) is 0 Å². The van der Waals surface area contributed by atoms with E-state index in [9.17, 15) is 18.0 Å². The number of rotatable bonds is 2. The molecule has 0 spiro atoms. The summed E-state index contributed by atoms with van der Waals surface area (Å²) in [7, 11) is 0. The molecule has 1 rings (SSSR count). The van der Waals surface area contributed by atoms with Crippen LogP contribution in [-0.4, -0.2) is 17.3 Å². The molecule has 1 N–H and O–H groups in total. The lowest BCUT2D eigenvalue weighted by atomic mass is 9.92. The molecule has 1 saturated carbocycles. The monoisotopic (exact) mass is 219 g/mol. The van der Waals surface area contributed by atoms with Crippen molar-refractivity contribution in [3.63, 3.8) is 0 Å². The predicted octanol–water partition coefficient (Wildman–Crippen LogP) is 2.25. The summed E-state index contributed by atoms with van der Waals surface area (Å²) >= 11 is 0. The number of carboxylic acid groups (broad SMARTS) is 1. The minimum absolute atomic E-state index is 0.138. The third-order valence-corrected chi connectivity index (χ3v) is 2.71. The fraction of sp³-hybridized carbons (Fsp3) is 0.556. The standard InChI is InChI=1S/C9H8F3NO2/c1-5(6(4-13)7(14)15)8(2-3-8)9(10,11)12/h2-3H2,1H3,(H,14,15). The van der Waals surface area contributed by atoms with Crippen LogP contribution in [0.2, 0.25) is 0 Å². The first-order chi connectivity index (χ1) is 6.76. The maximum absolute atomic E-state index is 12.6. The van der Waals surface area contributed by atoms with Crippen LogP contribution in [0.25, 0.3) is 0 Å². The van der Waals surface area contributed by atoms with Crippen LogP contribution in [-0.2, 0) is 4.79 Å². The predicted molar refractivity (Wildman–Crippen MR) is 43.7 cm³/mol. The fourth-order valence-electron chi connectivity index (χ4n) is 1.53. The van der Waals surface area contributed by atoms with Crippen molar-refractivity contribution < 1.29 is 23.1 Å². The Labute approximate surface area is 83.8 Å². The average Bonchev–Trinajstić information content (AvgIpc) is 2.82. The summed E-state index contributed by atoms with van der Waals surface area (Å²) in [5, 5.41) is 17.0. The maximum atomic E-state index is 12.6. The Kier molecular flexibility index (Phi) is 2.51. The zero-order chi connectivity index (χ0) is 11.9. The van der Waals surface area contributed by atoms with Gasteiger partial charge in [0.15, 0.2) is 0 Å². The van der Waals surface area contributed by atoms with Crippen molar-refractivity contribution in [1.29, 1.82) is 5.26 Å². The molecule has 0 bridgehead atoms. The number of aliphatic carboxylic acids is 1. The minimum Gasteiger partial charge on any atom is -0.477 e. The molecule has 82 valence electrons. The largest absolute Gasteiger partial charge is 0.477 e. The first-order valence-corrected chi connectivity index (χ1v) is 4.18. The summed E-state index contributed by atoms with van der Waals surface area (Å²) in [5.74, 6) is -1.61. The number of nitriles is 1. The Morgan fingerprint density at radius 2 is 1.93 bits per heavy atom. The Morgan fingerprint density at radius 3 is 2.13 bits per heavy atom. The van der Waals surface area contributed by atoms with Crippen LogP contribution in [0.1, 0.15) is 19.8 Å². The molecule has 0 saturated heterocycles. The molecule has 0 atom stereocenters. The third kappa shape index (κ3) is 1.69. The van der Waals surface area contributed by atoms with E-state index in [2.05, 4.69) is 0 Å². The van der Waals surface area contributed by atoms with Crippen LogP contribution < -0.4 is 0 Å². The summed E-state index contributed by atoms with van der Waals surface area (Å²) in [4.78, 5) is 10.5. The lowest BCUT2D eigenvalue weighted by Gasteiger charge is -2.20. The summed E-state index contributed by atoms with van der Waals surface area (Å²) in [6, 6.07) is 1.30. The van der Waals surface area contributed by atoms with Gasteiger partial charge in [0.05, 0.1) is 5.41 Å². The van der Waals surface area contributed by atoms with E-state index in [0.29, 0.717) is 0 Å². The van der Waals surface area contributed by atoms with E-state index < -0.39 is 23.1 Å². The van der Waals surface area contributed by atoms with Crippen molar-refractivity contribution in [3.05, 3.63) is 11.1 Å². The van der Waals surface area contributed by atoms with Gasteiger partial charge in [-0.3, -0.25) is 0 Å². The number of carbonyl (C=O) groups is 1. The van der Waals surface area contributed by atoms with Crippen LogP contribution in [0.4, 0.5) is 13.2 Å². The molecule has 0 heterocycles. The molecular formula is C9H8F3NO2. The van der Waals surface area contributed by atoms with Gasteiger partial charge in [0.2, 0.25) is 0 Å².